The molecule has 2 rings (SSSR count). The zero-order valence-electron chi connectivity index (χ0n) is 16.3. The summed E-state index contributed by atoms with van der Waals surface area (Å²) in [5.74, 6) is -1.27. The molecule has 0 aliphatic rings. The molecule has 1 N–H and O–H groups in total. The summed E-state index contributed by atoms with van der Waals surface area (Å²) >= 11 is 0. The SMILES string of the molecule is Cc1cc(C(=O)CN(CC(=O)O)C(C)C)c(C)n1CCc1ccc(F)cc1. The van der Waals surface area contributed by atoms with Crippen LogP contribution in [0, 0.1) is 19.7 Å². The number of aliphatic carboxylic acids is 1. The van der Waals surface area contributed by atoms with Gasteiger partial charge in [0.25, 0.3) is 0 Å². The number of hydrogen-bond donors (Lipinski definition) is 1. The van der Waals surface area contributed by atoms with Crippen molar-refractivity contribution in [2.75, 3.05) is 13.1 Å². The van der Waals surface area contributed by atoms with E-state index < -0.39 is 5.97 Å². The molecule has 0 fully saturated rings. The highest BCUT2D eigenvalue weighted by Crippen LogP contribution is 2.18. The van der Waals surface area contributed by atoms with Crippen LogP contribution in [-0.4, -0.2) is 45.5 Å². The number of carboxylic acid groups (broad SMARTS) is 1. The van der Waals surface area contributed by atoms with E-state index in [0.717, 1.165) is 23.4 Å². The molecule has 0 amide bonds. The molecule has 146 valence electrons. The number of ketones is 1. The topological polar surface area (TPSA) is 62.5 Å². The molecule has 5 nitrogen and oxygen atoms in total. The summed E-state index contributed by atoms with van der Waals surface area (Å²) in [7, 11) is 0. The molecule has 0 bridgehead atoms. The fourth-order valence-electron chi connectivity index (χ4n) is 3.18. The number of carboxylic acids is 1. The van der Waals surface area contributed by atoms with E-state index in [0.29, 0.717) is 12.1 Å². The van der Waals surface area contributed by atoms with Crippen molar-refractivity contribution >= 4 is 11.8 Å². The highest BCUT2D eigenvalue weighted by Gasteiger charge is 2.21. The lowest BCUT2D eigenvalue weighted by Gasteiger charge is -2.23. The lowest BCUT2D eigenvalue weighted by molar-refractivity contribution is -0.138. The molecule has 0 aliphatic carbocycles. The molecule has 0 radical (unpaired) electrons. The van der Waals surface area contributed by atoms with Crippen LogP contribution in [0.5, 0.6) is 0 Å². The van der Waals surface area contributed by atoms with E-state index in [1.165, 1.54) is 12.1 Å². The largest absolute Gasteiger partial charge is 0.480 e. The molecule has 0 spiro atoms. The van der Waals surface area contributed by atoms with E-state index in [-0.39, 0.29) is 30.7 Å². The Bertz CT molecular complexity index is 810. The smallest absolute Gasteiger partial charge is 0.317 e. The maximum absolute atomic E-state index is 13.0. The number of aryl methyl sites for hydroxylation is 2. The summed E-state index contributed by atoms with van der Waals surface area (Å²) in [4.78, 5) is 25.4. The predicted molar refractivity (Wildman–Crippen MR) is 103 cm³/mol. The number of nitrogens with zero attached hydrogens (tertiary/aromatic N) is 2. The van der Waals surface area contributed by atoms with Crippen LogP contribution in [0.1, 0.15) is 41.2 Å². The van der Waals surface area contributed by atoms with Crippen LogP contribution < -0.4 is 0 Å². The minimum absolute atomic E-state index is 0.0352. The molecule has 6 heteroatoms. The van der Waals surface area contributed by atoms with Gasteiger partial charge in [-0.15, -0.1) is 0 Å². The van der Waals surface area contributed by atoms with Gasteiger partial charge in [0.2, 0.25) is 0 Å². The lowest BCUT2D eigenvalue weighted by atomic mass is 10.1. The zero-order valence-corrected chi connectivity index (χ0v) is 16.3. The molecule has 0 saturated heterocycles. The molecule has 27 heavy (non-hydrogen) atoms. The number of hydrogen-bond acceptors (Lipinski definition) is 3. The van der Waals surface area contributed by atoms with Crippen LogP contribution in [0.3, 0.4) is 0 Å². The average Bonchev–Trinajstić information content (AvgIpc) is 2.87. The molecule has 1 aromatic carbocycles. The Labute approximate surface area is 159 Å². The molecule has 1 heterocycles. The second-order valence-electron chi connectivity index (χ2n) is 7.13. The van der Waals surface area contributed by atoms with E-state index in [1.807, 2.05) is 33.8 Å². The Hall–Kier alpha value is -2.47. The maximum atomic E-state index is 13.0. The van der Waals surface area contributed by atoms with Crippen molar-refractivity contribution in [2.24, 2.45) is 0 Å². The third-order valence-electron chi connectivity index (χ3n) is 4.83. The molecule has 0 unspecified atom stereocenters. The van der Waals surface area contributed by atoms with Crippen LogP contribution in [0.4, 0.5) is 4.39 Å². The fraction of sp³-hybridized carbons (Fsp3) is 0.429. The van der Waals surface area contributed by atoms with Gasteiger partial charge in [0.15, 0.2) is 5.78 Å². The fourth-order valence-corrected chi connectivity index (χ4v) is 3.18. The molecule has 1 aromatic heterocycles. The van der Waals surface area contributed by atoms with Crippen LogP contribution in [0.25, 0.3) is 0 Å². The normalized spacial score (nSPS) is 11.4. The van der Waals surface area contributed by atoms with Gasteiger partial charge < -0.3 is 9.67 Å². The molecule has 2 aromatic rings. The van der Waals surface area contributed by atoms with E-state index in [4.69, 9.17) is 5.11 Å². The number of carbonyl (C=O) groups excluding carboxylic acids is 1. The number of rotatable bonds is 9. The number of benzene rings is 1. The predicted octanol–water partition coefficient (Wildman–Crippen LogP) is 3.46. The van der Waals surface area contributed by atoms with Crippen LogP contribution in [-0.2, 0) is 17.8 Å². The van der Waals surface area contributed by atoms with Crippen molar-refractivity contribution in [3.05, 3.63) is 58.7 Å². The standard InChI is InChI=1S/C21H27FN2O3/c1-14(2)23(13-21(26)27)12-20(25)19-11-15(3)24(16(19)4)10-9-17-5-7-18(22)8-6-17/h5-8,11,14H,9-10,12-13H2,1-4H3,(H,26,27). The first-order chi connectivity index (χ1) is 12.7. The van der Waals surface area contributed by atoms with Gasteiger partial charge in [-0.05, 0) is 57.9 Å². The van der Waals surface area contributed by atoms with E-state index in [1.54, 1.807) is 17.0 Å². The maximum Gasteiger partial charge on any atom is 0.317 e. The average molecular weight is 374 g/mol. The summed E-state index contributed by atoms with van der Waals surface area (Å²) in [6, 6.07) is 8.25. The van der Waals surface area contributed by atoms with Crippen molar-refractivity contribution in [1.82, 2.24) is 9.47 Å². The van der Waals surface area contributed by atoms with Crippen molar-refractivity contribution in [1.29, 1.82) is 0 Å². The Morgan fingerprint density at radius 1 is 1.15 bits per heavy atom. The highest BCUT2D eigenvalue weighted by atomic mass is 19.1. The summed E-state index contributed by atoms with van der Waals surface area (Å²) in [6.45, 7) is 8.22. The Morgan fingerprint density at radius 3 is 2.33 bits per heavy atom. The van der Waals surface area contributed by atoms with Gasteiger partial charge in [0.05, 0.1) is 13.1 Å². The minimum atomic E-state index is -0.943. The van der Waals surface area contributed by atoms with Gasteiger partial charge in [-0.1, -0.05) is 12.1 Å². The van der Waals surface area contributed by atoms with E-state index in [9.17, 15) is 14.0 Å². The second kappa shape index (κ2) is 8.95. The summed E-state index contributed by atoms with van der Waals surface area (Å²) < 4.78 is 15.1. The van der Waals surface area contributed by atoms with E-state index in [2.05, 4.69) is 4.57 Å². The van der Waals surface area contributed by atoms with Gasteiger partial charge >= 0.3 is 5.97 Å². The van der Waals surface area contributed by atoms with Crippen molar-refractivity contribution in [3.8, 4) is 0 Å². The summed E-state index contributed by atoms with van der Waals surface area (Å²) in [6.07, 6.45) is 0.738. The second-order valence-corrected chi connectivity index (χ2v) is 7.13. The van der Waals surface area contributed by atoms with Gasteiger partial charge in [-0.2, -0.15) is 0 Å². The molecular formula is C21H27FN2O3. The molecule has 0 saturated carbocycles. The van der Waals surface area contributed by atoms with Crippen molar-refractivity contribution in [2.45, 2.75) is 46.7 Å². The first-order valence-electron chi connectivity index (χ1n) is 9.09. The van der Waals surface area contributed by atoms with Crippen LogP contribution >= 0.6 is 0 Å². The van der Waals surface area contributed by atoms with Gasteiger partial charge in [-0.3, -0.25) is 14.5 Å². The molecular weight excluding hydrogens is 347 g/mol. The quantitative estimate of drug-likeness (QED) is 0.683. The minimum Gasteiger partial charge on any atom is -0.480 e. The van der Waals surface area contributed by atoms with Gasteiger partial charge in [-0.25, -0.2) is 4.39 Å². The highest BCUT2D eigenvalue weighted by molar-refractivity contribution is 5.99. The Balaban J connectivity index is 2.12. The number of halogens is 1. The summed E-state index contributed by atoms with van der Waals surface area (Å²) in [5, 5.41) is 9.03. The first-order valence-corrected chi connectivity index (χ1v) is 9.09. The third kappa shape index (κ3) is 5.50. The first kappa shape index (κ1) is 20.8. The lowest BCUT2D eigenvalue weighted by Crippen LogP contribution is -2.39. The molecule has 0 aliphatic heterocycles. The Kier molecular flexibility index (Phi) is 6.91. The van der Waals surface area contributed by atoms with Crippen LogP contribution in [0.2, 0.25) is 0 Å². The third-order valence-corrected chi connectivity index (χ3v) is 4.83. The van der Waals surface area contributed by atoms with E-state index >= 15 is 0 Å². The summed E-state index contributed by atoms with van der Waals surface area (Å²) in [5.41, 5.74) is 3.51. The molecule has 0 atom stereocenters. The number of aromatic nitrogens is 1. The van der Waals surface area contributed by atoms with Gasteiger partial charge in [0, 0.05) is 29.5 Å². The number of carbonyl (C=O) groups is 2. The van der Waals surface area contributed by atoms with Crippen LogP contribution in [0.15, 0.2) is 30.3 Å². The Morgan fingerprint density at radius 2 is 1.78 bits per heavy atom. The van der Waals surface area contributed by atoms with Crippen molar-refractivity contribution in [3.63, 3.8) is 0 Å². The zero-order chi connectivity index (χ0) is 20.1. The van der Waals surface area contributed by atoms with Crippen molar-refractivity contribution < 1.29 is 19.1 Å². The van der Waals surface area contributed by atoms with Gasteiger partial charge in [0.1, 0.15) is 5.82 Å². The number of Topliss-reactive ketones (excluding diaryl/α,β-unsaturated/α-hetero) is 1. The monoisotopic (exact) mass is 374 g/mol.